The number of ether oxygens (including phenoxy) is 1. The molecule has 0 atom stereocenters. The molecule has 112 valence electrons. The number of hydrogen-bond acceptors (Lipinski definition) is 2. The molecule has 0 radical (unpaired) electrons. The summed E-state index contributed by atoms with van der Waals surface area (Å²) in [5.74, 6) is 0.358. The van der Waals surface area contributed by atoms with Crippen LogP contribution in [0, 0.1) is 12.7 Å². The van der Waals surface area contributed by atoms with Crippen LogP contribution < -0.4 is 10.1 Å². The van der Waals surface area contributed by atoms with Crippen LogP contribution in [0.25, 0.3) is 0 Å². The minimum atomic E-state index is -0.384. The van der Waals surface area contributed by atoms with E-state index in [0.29, 0.717) is 17.3 Å². The van der Waals surface area contributed by atoms with Gasteiger partial charge in [0.1, 0.15) is 5.75 Å². The normalized spacial score (nSPS) is 10.7. The number of rotatable bonds is 6. The molecule has 2 rings (SSSR count). The van der Waals surface area contributed by atoms with Crippen LogP contribution >= 0.6 is 11.6 Å². The molecule has 0 spiro atoms. The van der Waals surface area contributed by atoms with E-state index in [1.807, 2.05) is 13.0 Å². The molecule has 0 amide bonds. The molecule has 0 aliphatic carbocycles. The van der Waals surface area contributed by atoms with E-state index in [1.165, 1.54) is 6.07 Å². The molecule has 0 heterocycles. The van der Waals surface area contributed by atoms with Crippen molar-refractivity contribution < 1.29 is 9.13 Å². The second kappa shape index (κ2) is 7.43. The molecule has 0 bridgehead atoms. The zero-order valence-electron chi connectivity index (χ0n) is 12.2. The lowest BCUT2D eigenvalue weighted by Gasteiger charge is -2.10. The first-order chi connectivity index (χ1) is 10.1. The van der Waals surface area contributed by atoms with Gasteiger partial charge in [-0.25, -0.2) is 4.39 Å². The van der Waals surface area contributed by atoms with Crippen molar-refractivity contribution in [2.75, 3.05) is 6.54 Å². The Morgan fingerprint density at radius 2 is 2.00 bits per heavy atom. The third kappa shape index (κ3) is 4.45. The summed E-state index contributed by atoms with van der Waals surface area (Å²) in [6.07, 6.45) is 1.07. The van der Waals surface area contributed by atoms with E-state index in [9.17, 15) is 4.39 Å². The molecular weight excluding hydrogens is 289 g/mol. The van der Waals surface area contributed by atoms with E-state index < -0.39 is 0 Å². The van der Waals surface area contributed by atoms with Crippen molar-refractivity contribution in [3.63, 3.8) is 0 Å². The second-order valence-corrected chi connectivity index (χ2v) is 5.37. The SMILES string of the molecule is CCCNCc1ccc(Oc2cc(C)ccc2F)cc1Cl. The van der Waals surface area contributed by atoms with Crippen LogP contribution in [0.5, 0.6) is 11.5 Å². The number of halogens is 2. The van der Waals surface area contributed by atoms with Crippen molar-refractivity contribution in [1.29, 1.82) is 0 Å². The van der Waals surface area contributed by atoms with Crippen LogP contribution in [0.3, 0.4) is 0 Å². The lowest BCUT2D eigenvalue weighted by Crippen LogP contribution is -2.13. The Hall–Kier alpha value is -1.58. The first kappa shape index (κ1) is 15.8. The number of hydrogen-bond donors (Lipinski definition) is 1. The molecule has 2 aromatic rings. The summed E-state index contributed by atoms with van der Waals surface area (Å²) in [4.78, 5) is 0. The average Bonchev–Trinajstić information content (AvgIpc) is 2.45. The van der Waals surface area contributed by atoms with Gasteiger partial charge in [0.25, 0.3) is 0 Å². The predicted molar refractivity (Wildman–Crippen MR) is 84.7 cm³/mol. The maximum Gasteiger partial charge on any atom is 0.165 e. The van der Waals surface area contributed by atoms with Crippen LogP contribution in [-0.4, -0.2) is 6.54 Å². The van der Waals surface area contributed by atoms with Gasteiger partial charge in [0.05, 0.1) is 0 Å². The van der Waals surface area contributed by atoms with Crippen molar-refractivity contribution in [3.8, 4) is 11.5 Å². The van der Waals surface area contributed by atoms with E-state index in [4.69, 9.17) is 16.3 Å². The van der Waals surface area contributed by atoms with E-state index in [0.717, 1.165) is 24.1 Å². The monoisotopic (exact) mass is 307 g/mol. The molecule has 0 saturated carbocycles. The largest absolute Gasteiger partial charge is 0.454 e. The van der Waals surface area contributed by atoms with E-state index in [2.05, 4.69) is 12.2 Å². The standard InChI is InChI=1S/C17H19ClFNO/c1-3-8-20-11-13-5-6-14(10-15(13)18)21-17-9-12(2)4-7-16(17)19/h4-7,9-10,20H,3,8,11H2,1-2H3. The van der Waals surface area contributed by atoms with Gasteiger partial charge in [-0.15, -0.1) is 0 Å². The van der Waals surface area contributed by atoms with Crippen LogP contribution in [0.2, 0.25) is 5.02 Å². The Labute approximate surface area is 129 Å². The fourth-order valence-corrected chi connectivity index (χ4v) is 2.19. The van der Waals surface area contributed by atoms with Gasteiger partial charge in [0.2, 0.25) is 0 Å². The third-order valence-electron chi connectivity index (χ3n) is 3.08. The smallest absolute Gasteiger partial charge is 0.165 e. The van der Waals surface area contributed by atoms with Crippen molar-refractivity contribution >= 4 is 11.6 Å². The first-order valence-corrected chi connectivity index (χ1v) is 7.41. The van der Waals surface area contributed by atoms with E-state index in [-0.39, 0.29) is 11.6 Å². The molecule has 0 aliphatic heterocycles. The highest BCUT2D eigenvalue weighted by Gasteiger charge is 2.07. The molecule has 4 heteroatoms. The molecular formula is C17H19ClFNO. The van der Waals surface area contributed by atoms with Gasteiger partial charge in [0, 0.05) is 11.6 Å². The average molecular weight is 308 g/mol. The van der Waals surface area contributed by atoms with Gasteiger partial charge in [-0.2, -0.15) is 0 Å². The summed E-state index contributed by atoms with van der Waals surface area (Å²) < 4.78 is 19.2. The molecule has 0 aliphatic rings. The predicted octanol–water partition coefficient (Wildman–Crippen LogP) is 5.08. The van der Waals surface area contributed by atoms with Crippen LogP contribution in [0.4, 0.5) is 4.39 Å². The topological polar surface area (TPSA) is 21.3 Å². The van der Waals surface area contributed by atoms with Crippen LogP contribution in [0.15, 0.2) is 36.4 Å². The highest BCUT2D eigenvalue weighted by atomic mass is 35.5. The van der Waals surface area contributed by atoms with Crippen LogP contribution in [-0.2, 0) is 6.54 Å². The number of nitrogens with one attached hydrogen (secondary N) is 1. The zero-order chi connectivity index (χ0) is 15.2. The molecule has 1 N–H and O–H groups in total. The van der Waals surface area contributed by atoms with Gasteiger partial charge in [0.15, 0.2) is 11.6 Å². The Morgan fingerprint density at radius 1 is 1.19 bits per heavy atom. The lowest BCUT2D eigenvalue weighted by molar-refractivity contribution is 0.441. The van der Waals surface area contributed by atoms with E-state index in [1.54, 1.807) is 24.3 Å². The Bertz CT molecular complexity index is 616. The molecule has 2 aromatic carbocycles. The van der Waals surface area contributed by atoms with Gasteiger partial charge in [-0.1, -0.05) is 30.7 Å². The minimum Gasteiger partial charge on any atom is -0.454 e. The molecule has 0 saturated heterocycles. The first-order valence-electron chi connectivity index (χ1n) is 7.03. The van der Waals surface area contributed by atoms with Crippen molar-refractivity contribution in [2.24, 2.45) is 0 Å². The number of benzene rings is 2. The Balaban J connectivity index is 2.11. The summed E-state index contributed by atoms with van der Waals surface area (Å²) in [5.41, 5.74) is 1.94. The fourth-order valence-electron chi connectivity index (χ4n) is 1.95. The highest BCUT2D eigenvalue weighted by molar-refractivity contribution is 6.31. The molecule has 2 nitrogen and oxygen atoms in total. The second-order valence-electron chi connectivity index (χ2n) is 4.97. The fraction of sp³-hybridized carbons (Fsp3) is 0.294. The molecule has 0 fully saturated rings. The van der Waals surface area contributed by atoms with Gasteiger partial charge in [-0.3, -0.25) is 0 Å². The lowest BCUT2D eigenvalue weighted by atomic mass is 10.2. The summed E-state index contributed by atoms with van der Waals surface area (Å²) in [7, 11) is 0. The summed E-state index contributed by atoms with van der Waals surface area (Å²) in [6.45, 7) is 5.67. The van der Waals surface area contributed by atoms with Crippen LogP contribution in [0.1, 0.15) is 24.5 Å². The zero-order valence-corrected chi connectivity index (χ0v) is 13.0. The molecule has 0 unspecified atom stereocenters. The van der Waals surface area contributed by atoms with Gasteiger partial charge in [-0.05, 0) is 55.3 Å². The minimum absolute atomic E-state index is 0.211. The van der Waals surface area contributed by atoms with Crippen molar-refractivity contribution in [2.45, 2.75) is 26.8 Å². The summed E-state index contributed by atoms with van der Waals surface area (Å²) >= 11 is 6.23. The highest BCUT2D eigenvalue weighted by Crippen LogP contribution is 2.29. The Kier molecular flexibility index (Phi) is 5.59. The van der Waals surface area contributed by atoms with Gasteiger partial charge < -0.3 is 10.1 Å². The number of aryl methyl sites for hydroxylation is 1. The maximum absolute atomic E-state index is 13.7. The van der Waals surface area contributed by atoms with Gasteiger partial charge >= 0.3 is 0 Å². The quantitative estimate of drug-likeness (QED) is 0.751. The molecule has 21 heavy (non-hydrogen) atoms. The summed E-state index contributed by atoms with van der Waals surface area (Å²) in [6, 6.07) is 10.2. The van der Waals surface area contributed by atoms with E-state index >= 15 is 0 Å². The Morgan fingerprint density at radius 3 is 2.71 bits per heavy atom. The summed E-state index contributed by atoms with van der Waals surface area (Å²) in [5, 5.41) is 3.91. The third-order valence-corrected chi connectivity index (χ3v) is 3.43. The molecule has 0 aromatic heterocycles. The maximum atomic E-state index is 13.7. The van der Waals surface area contributed by atoms with Crippen molar-refractivity contribution in [3.05, 3.63) is 58.4 Å². The van der Waals surface area contributed by atoms with Crippen molar-refractivity contribution in [1.82, 2.24) is 5.32 Å².